The lowest BCUT2D eigenvalue weighted by molar-refractivity contribution is 0.412. The van der Waals surface area contributed by atoms with Crippen LogP contribution in [0.25, 0.3) is 11.4 Å². The number of nitrogens with two attached hydrogens (primary N) is 1. The first-order valence-electron chi connectivity index (χ1n) is 6.60. The van der Waals surface area contributed by atoms with E-state index in [9.17, 15) is 4.79 Å². The number of nitrogen functional groups attached to an aromatic ring is 1. The third kappa shape index (κ3) is 2.66. The molecule has 20 heavy (non-hydrogen) atoms. The molecule has 0 saturated carbocycles. The van der Waals surface area contributed by atoms with E-state index < -0.39 is 0 Å². The van der Waals surface area contributed by atoms with Crippen LogP contribution < -0.4 is 16.0 Å². The summed E-state index contributed by atoms with van der Waals surface area (Å²) in [6, 6.07) is 5.61. The Kier molecular flexibility index (Phi) is 4.08. The number of aryl methyl sites for hydroxylation is 1. The minimum absolute atomic E-state index is 0.164. The van der Waals surface area contributed by atoms with Crippen molar-refractivity contribution in [1.29, 1.82) is 0 Å². The number of benzene rings is 1. The molecule has 0 aliphatic carbocycles. The Bertz CT molecular complexity index is 677. The normalized spacial score (nSPS) is 10.6. The average molecular weight is 273 g/mol. The van der Waals surface area contributed by atoms with Gasteiger partial charge in [-0.25, -0.2) is 4.98 Å². The SMILES string of the molecule is CCCc1c(N)nc(-c2ccc(OC)c(C)c2)[nH]c1=O. The molecule has 2 aromatic rings. The van der Waals surface area contributed by atoms with Crippen LogP contribution in [-0.4, -0.2) is 17.1 Å². The quantitative estimate of drug-likeness (QED) is 0.895. The maximum Gasteiger partial charge on any atom is 0.256 e. The van der Waals surface area contributed by atoms with Gasteiger partial charge in [0.1, 0.15) is 17.4 Å². The molecule has 0 aliphatic heterocycles. The fourth-order valence-corrected chi connectivity index (χ4v) is 2.17. The van der Waals surface area contributed by atoms with Crippen LogP contribution in [-0.2, 0) is 6.42 Å². The third-order valence-corrected chi connectivity index (χ3v) is 3.22. The van der Waals surface area contributed by atoms with Gasteiger partial charge in [-0.1, -0.05) is 13.3 Å². The van der Waals surface area contributed by atoms with Crippen LogP contribution in [0.15, 0.2) is 23.0 Å². The second-order valence-electron chi connectivity index (χ2n) is 4.71. The highest BCUT2D eigenvalue weighted by molar-refractivity contribution is 5.60. The first kappa shape index (κ1) is 14.1. The van der Waals surface area contributed by atoms with Crippen molar-refractivity contribution in [2.75, 3.05) is 12.8 Å². The summed E-state index contributed by atoms with van der Waals surface area (Å²) in [4.78, 5) is 19.1. The lowest BCUT2D eigenvalue weighted by Gasteiger charge is -2.09. The number of nitrogens with one attached hydrogen (secondary N) is 1. The van der Waals surface area contributed by atoms with Crippen molar-refractivity contribution in [3.63, 3.8) is 0 Å². The zero-order valence-electron chi connectivity index (χ0n) is 12.0. The van der Waals surface area contributed by atoms with Crippen molar-refractivity contribution in [1.82, 2.24) is 9.97 Å². The molecule has 5 heteroatoms. The first-order valence-corrected chi connectivity index (χ1v) is 6.60. The number of H-pyrrole nitrogens is 1. The van der Waals surface area contributed by atoms with Crippen molar-refractivity contribution in [3.8, 4) is 17.1 Å². The fraction of sp³-hybridized carbons (Fsp3) is 0.333. The smallest absolute Gasteiger partial charge is 0.256 e. The van der Waals surface area contributed by atoms with E-state index in [4.69, 9.17) is 10.5 Å². The van der Waals surface area contributed by atoms with Gasteiger partial charge >= 0.3 is 0 Å². The number of rotatable bonds is 4. The summed E-state index contributed by atoms with van der Waals surface area (Å²) in [6.45, 7) is 3.94. The van der Waals surface area contributed by atoms with E-state index in [1.165, 1.54) is 0 Å². The minimum atomic E-state index is -0.164. The van der Waals surface area contributed by atoms with E-state index in [0.29, 0.717) is 23.6 Å². The molecule has 5 nitrogen and oxygen atoms in total. The second kappa shape index (κ2) is 5.77. The van der Waals surface area contributed by atoms with Gasteiger partial charge in [0.2, 0.25) is 0 Å². The van der Waals surface area contributed by atoms with Crippen molar-refractivity contribution >= 4 is 5.82 Å². The molecule has 0 unspecified atom stereocenters. The predicted octanol–water partition coefficient (Wildman–Crippen LogP) is 2.29. The predicted molar refractivity (Wildman–Crippen MR) is 80.0 cm³/mol. The van der Waals surface area contributed by atoms with E-state index >= 15 is 0 Å². The Morgan fingerprint density at radius 2 is 2.15 bits per heavy atom. The lowest BCUT2D eigenvalue weighted by Crippen LogP contribution is -2.18. The summed E-state index contributed by atoms with van der Waals surface area (Å²) in [5, 5.41) is 0. The standard InChI is InChI=1S/C15H19N3O2/c1-4-5-11-13(16)17-14(18-15(11)19)10-6-7-12(20-3)9(2)8-10/h6-8H,4-5H2,1-3H3,(H3,16,17,18,19). The van der Waals surface area contributed by atoms with Crippen molar-refractivity contribution in [3.05, 3.63) is 39.7 Å². The summed E-state index contributed by atoms with van der Waals surface area (Å²) in [5.41, 5.74) is 8.07. The minimum Gasteiger partial charge on any atom is -0.496 e. The number of nitrogens with zero attached hydrogens (tertiary/aromatic N) is 1. The molecule has 0 amide bonds. The Morgan fingerprint density at radius 1 is 1.40 bits per heavy atom. The van der Waals surface area contributed by atoms with Gasteiger partial charge in [-0.3, -0.25) is 4.79 Å². The van der Waals surface area contributed by atoms with Gasteiger partial charge in [0.15, 0.2) is 0 Å². The number of anilines is 1. The second-order valence-corrected chi connectivity index (χ2v) is 4.71. The van der Waals surface area contributed by atoms with E-state index in [2.05, 4.69) is 9.97 Å². The van der Waals surface area contributed by atoms with Crippen LogP contribution >= 0.6 is 0 Å². The molecule has 0 atom stereocenters. The summed E-state index contributed by atoms with van der Waals surface area (Å²) in [7, 11) is 1.62. The monoisotopic (exact) mass is 273 g/mol. The van der Waals surface area contributed by atoms with Crippen molar-refractivity contribution < 1.29 is 4.74 Å². The Morgan fingerprint density at radius 3 is 2.70 bits per heavy atom. The van der Waals surface area contributed by atoms with Crippen molar-refractivity contribution in [2.24, 2.45) is 0 Å². The molecule has 0 fully saturated rings. The zero-order valence-corrected chi connectivity index (χ0v) is 12.0. The molecule has 0 radical (unpaired) electrons. The number of aromatic amines is 1. The first-order chi connectivity index (χ1) is 9.56. The maximum absolute atomic E-state index is 12.0. The summed E-state index contributed by atoms with van der Waals surface area (Å²) < 4.78 is 5.22. The molecule has 1 heterocycles. The third-order valence-electron chi connectivity index (χ3n) is 3.22. The number of hydrogen-bond donors (Lipinski definition) is 2. The number of hydrogen-bond acceptors (Lipinski definition) is 4. The Balaban J connectivity index is 2.48. The molecule has 0 spiro atoms. The van der Waals surface area contributed by atoms with E-state index in [0.717, 1.165) is 23.3 Å². The van der Waals surface area contributed by atoms with E-state index in [1.807, 2.05) is 32.0 Å². The zero-order chi connectivity index (χ0) is 14.7. The molecule has 3 N–H and O–H groups in total. The molecule has 106 valence electrons. The fourth-order valence-electron chi connectivity index (χ4n) is 2.17. The van der Waals surface area contributed by atoms with Crippen LogP contribution in [0, 0.1) is 6.92 Å². The molecule has 2 rings (SSSR count). The number of aromatic nitrogens is 2. The molecular weight excluding hydrogens is 254 g/mol. The van der Waals surface area contributed by atoms with Gasteiger partial charge in [-0.05, 0) is 37.1 Å². The van der Waals surface area contributed by atoms with Gasteiger partial charge < -0.3 is 15.5 Å². The van der Waals surface area contributed by atoms with Crippen LogP contribution in [0.1, 0.15) is 24.5 Å². The van der Waals surface area contributed by atoms with Gasteiger partial charge in [0.25, 0.3) is 5.56 Å². The maximum atomic E-state index is 12.0. The van der Waals surface area contributed by atoms with Gasteiger partial charge in [0, 0.05) is 5.56 Å². The highest BCUT2D eigenvalue weighted by Crippen LogP contribution is 2.24. The topological polar surface area (TPSA) is 81.0 Å². The molecule has 0 saturated heterocycles. The van der Waals surface area contributed by atoms with Crippen molar-refractivity contribution in [2.45, 2.75) is 26.7 Å². The molecule has 0 aliphatic rings. The molecular formula is C15H19N3O2. The van der Waals surface area contributed by atoms with Gasteiger partial charge in [-0.15, -0.1) is 0 Å². The van der Waals surface area contributed by atoms with Crippen LogP contribution in [0.3, 0.4) is 0 Å². The van der Waals surface area contributed by atoms with E-state index in [-0.39, 0.29) is 5.56 Å². The molecule has 1 aromatic carbocycles. The van der Waals surface area contributed by atoms with Gasteiger partial charge in [0.05, 0.1) is 12.7 Å². The van der Waals surface area contributed by atoms with Crippen LogP contribution in [0.4, 0.5) is 5.82 Å². The summed E-state index contributed by atoms with van der Waals surface area (Å²) >= 11 is 0. The average Bonchev–Trinajstić information content (AvgIpc) is 2.42. The van der Waals surface area contributed by atoms with Gasteiger partial charge in [-0.2, -0.15) is 0 Å². The Hall–Kier alpha value is -2.30. The van der Waals surface area contributed by atoms with Crippen LogP contribution in [0.2, 0.25) is 0 Å². The van der Waals surface area contributed by atoms with Crippen LogP contribution in [0.5, 0.6) is 5.75 Å². The summed E-state index contributed by atoms with van der Waals surface area (Å²) in [5.74, 6) is 1.59. The highest BCUT2D eigenvalue weighted by atomic mass is 16.5. The molecule has 0 bridgehead atoms. The summed E-state index contributed by atoms with van der Waals surface area (Å²) in [6.07, 6.45) is 1.49. The molecule has 1 aromatic heterocycles. The lowest BCUT2D eigenvalue weighted by atomic mass is 10.1. The number of ether oxygens (including phenoxy) is 1. The highest BCUT2D eigenvalue weighted by Gasteiger charge is 2.10. The Labute approximate surface area is 117 Å². The van der Waals surface area contributed by atoms with E-state index in [1.54, 1.807) is 7.11 Å². The number of methoxy groups -OCH3 is 1. The largest absolute Gasteiger partial charge is 0.496 e.